The molecule has 2 rings (SSSR count). The molecule has 0 bridgehead atoms. The van der Waals surface area contributed by atoms with Crippen LogP contribution in [0.25, 0.3) is 0 Å². The summed E-state index contributed by atoms with van der Waals surface area (Å²) in [4.78, 5) is 0.296. The van der Waals surface area contributed by atoms with E-state index in [1.54, 1.807) is 25.3 Å². The van der Waals surface area contributed by atoms with Crippen molar-refractivity contribution in [3.8, 4) is 0 Å². The van der Waals surface area contributed by atoms with Gasteiger partial charge < -0.3 is 10.1 Å². The fourth-order valence-corrected chi connectivity index (χ4v) is 3.16. The molecule has 0 aromatic heterocycles. The maximum atomic E-state index is 12.0. The van der Waals surface area contributed by atoms with Crippen molar-refractivity contribution >= 4 is 15.7 Å². The molecule has 5 nitrogen and oxygen atoms in total. The van der Waals surface area contributed by atoms with Gasteiger partial charge in [0.2, 0.25) is 10.0 Å². The molecular weight excluding hydrogens is 276 g/mol. The standard InChI is InChI=1S/C14H22N2O3S/c1-15-20(17,18)13-6-4-3-5-12(13)16-11-14(7-8-14)9-10-19-2/h3-6,15-16H,7-11H2,1-2H3. The Labute approximate surface area is 120 Å². The molecule has 1 fully saturated rings. The lowest BCUT2D eigenvalue weighted by molar-refractivity contribution is 0.175. The first-order valence-electron chi connectivity index (χ1n) is 6.78. The quantitative estimate of drug-likeness (QED) is 0.768. The van der Waals surface area contributed by atoms with Crippen LogP contribution in [0, 0.1) is 5.41 Å². The number of hydrogen-bond donors (Lipinski definition) is 2. The topological polar surface area (TPSA) is 67.4 Å². The molecule has 2 N–H and O–H groups in total. The molecule has 1 aliphatic carbocycles. The fourth-order valence-electron chi connectivity index (χ4n) is 2.25. The second-order valence-electron chi connectivity index (χ2n) is 5.30. The van der Waals surface area contributed by atoms with Gasteiger partial charge in [-0.3, -0.25) is 0 Å². The number of ether oxygens (including phenoxy) is 1. The van der Waals surface area contributed by atoms with Crippen LogP contribution in [0.4, 0.5) is 5.69 Å². The van der Waals surface area contributed by atoms with Crippen molar-refractivity contribution in [2.24, 2.45) is 5.41 Å². The van der Waals surface area contributed by atoms with Crippen LogP contribution in [0.5, 0.6) is 0 Å². The summed E-state index contributed by atoms with van der Waals surface area (Å²) in [5, 5.41) is 3.29. The minimum Gasteiger partial charge on any atom is -0.385 e. The van der Waals surface area contributed by atoms with E-state index < -0.39 is 10.0 Å². The van der Waals surface area contributed by atoms with Gasteiger partial charge in [-0.15, -0.1) is 0 Å². The van der Waals surface area contributed by atoms with E-state index in [2.05, 4.69) is 10.0 Å². The largest absolute Gasteiger partial charge is 0.385 e. The van der Waals surface area contributed by atoms with Crippen molar-refractivity contribution < 1.29 is 13.2 Å². The number of benzene rings is 1. The predicted molar refractivity (Wildman–Crippen MR) is 79.3 cm³/mol. The fraction of sp³-hybridized carbons (Fsp3) is 0.571. The number of nitrogens with one attached hydrogen (secondary N) is 2. The Hall–Kier alpha value is -1.11. The average Bonchev–Trinajstić information content (AvgIpc) is 3.24. The maximum Gasteiger partial charge on any atom is 0.242 e. The highest BCUT2D eigenvalue weighted by Gasteiger charge is 2.41. The third-order valence-corrected chi connectivity index (χ3v) is 5.37. The van der Waals surface area contributed by atoms with Gasteiger partial charge in [-0.25, -0.2) is 13.1 Å². The zero-order chi connectivity index (χ0) is 14.6. The Morgan fingerprint density at radius 1 is 1.30 bits per heavy atom. The van der Waals surface area contributed by atoms with Gasteiger partial charge in [0.15, 0.2) is 0 Å². The third kappa shape index (κ3) is 3.50. The van der Waals surface area contributed by atoms with Gasteiger partial charge in [0.1, 0.15) is 4.90 Å². The number of anilines is 1. The molecule has 20 heavy (non-hydrogen) atoms. The van der Waals surface area contributed by atoms with Crippen LogP contribution < -0.4 is 10.0 Å². The van der Waals surface area contributed by atoms with Crippen molar-refractivity contribution in [3.05, 3.63) is 24.3 Å². The monoisotopic (exact) mass is 298 g/mol. The molecule has 1 aromatic rings. The van der Waals surface area contributed by atoms with Gasteiger partial charge in [0, 0.05) is 20.3 Å². The van der Waals surface area contributed by atoms with Crippen LogP contribution in [0.1, 0.15) is 19.3 Å². The van der Waals surface area contributed by atoms with E-state index >= 15 is 0 Å². The Morgan fingerprint density at radius 3 is 2.60 bits per heavy atom. The second kappa shape index (κ2) is 6.11. The molecule has 6 heteroatoms. The van der Waals surface area contributed by atoms with Crippen LogP contribution in [0.15, 0.2) is 29.2 Å². The highest BCUT2D eigenvalue weighted by Crippen LogP contribution is 2.48. The van der Waals surface area contributed by atoms with Crippen LogP contribution in [-0.4, -0.2) is 35.7 Å². The normalized spacial score (nSPS) is 16.9. The van der Waals surface area contributed by atoms with E-state index in [1.807, 2.05) is 6.07 Å². The summed E-state index contributed by atoms with van der Waals surface area (Å²) >= 11 is 0. The third-order valence-electron chi connectivity index (χ3n) is 3.89. The lowest BCUT2D eigenvalue weighted by Gasteiger charge is -2.18. The SMILES string of the molecule is CNS(=O)(=O)c1ccccc1NCC1(CCOC)CC1. The highest BCUT2D eigenvalue weighted by molar-refractivity contribution is 7.89. The number of para-hydroxylation sites is 1. The minimum absolute atomic E-state index is 0.270. The van der Waals surface area contributed by atoms with E-state index in [-0.39, 0.29) is 5.41 Å². The second-order valence-corrected chi connectivity index (χ2v) is 7.16. The summed E-state index contributed by atoms with van der Waals surface area (Å²) in [6.07, 6.45) is 3.35. The van der Waals surface area contributed by atoms with Crippen molar-refractivity contribution in [3.63, 3.8) is 0 Å². The summed E-state index contributed by atoms with van der Waals surface area (Å²) in [6.45, 7) is 1.53. The molecular formula is C14H22N2O3S. The molecule has 0 aliphatic heterocycles. The number of rotatable bonds is 8. The van der Waals surface area contributed by atoms with E-state index in [4.69, 9.17) is 4.74 Å². The lowest BCUT2D eigenvalue weighted by Crippen LogP contribution is -2.22. The Balaban J connectivity index is 2.07. The summed E-state index contributed by atoms with van der Waals surface area (Å²) in [6, 6.07) is 6.98. The zero-order valence-corrected chi connectivity index (χ0v) is 12.8. The van der Waals surface area contributed by atoms with E-state index in [1.165, 1.54) is 19.9 Å². The van der Waals surface area contributed by atoms with Gasteiger partial charge in [0.05, 0.1) is 5.69 Å². The van der Waals surface area contributed by atoms with Gasteiger partial charge >= 0.3 is 0 Å². The molecule has 0 spiro atoms. The van der Waals surface area contributed by atoms with Gasteiger partial charge in [-0.05, 0) is 43.9 Å². The average molecular weight is 298 g/mol. The molecule has 1 aromatic carbocycles. The van der Waals surface area contributed by atoms with E-state index in [9.17, 15) is 8.42 Å². The molecule has 0 saturated heterocycles. The summed E-state index contributed by atoms with van der Waals surface area (Å²) in [5.41, 5.74) is 0.928. The molecule has 1 saturated carbocycles. The molecule has 0 atom stereocenters. The Kier molecular flexibility index (Phi) is 4.67. The smallest absolute Gasteiger partial charge is 0.242 e. The molecule has 0 unspecified atom stereocenters. The van der Waals surface area contributed by atoms with Crippen molar-refractivity contribution in [1.82, 2.24) is 4.72 Å². The summed E-state index contributed by atoms with van der Waals surface area (Å²) in [7, 11) is -0.300. The van der Waals surface area contributed by atoms with Gasteiger partial charge in [0.25, 0.3) is 0 Å². The first kappa shape index (κ1) is 15.3. The minimum atomic E-state index is -3.43. The van der Waals surface area contributed by atoms with Gasteiger partial charge in [-0.2, -0.15) is 0 Å². The number of sulfonamides is 1. The zero-order valence-electron chi connectivity index (χ0n) is 12.0. The highest BCUT2D eigenvalue weighted by atomic mass is 32.2. The van der Waals surface area contributed by atoms with Crippen LogP contribution in [-0.2, 0) is 14.8 Å². The van der Waals surface area contributed by atoms with Crippen LogP contribution >= 0.6 is 0 Å². The Bertz CT molecular complexity index is 553. The molecule has 112 valence electrons. The lowest BCUT2D eigenvalue weighted by atomic mass is 10.0. The van der Waals surface area contributed by atoms with E-state index in [0.717, 1.165) is 19.6 Å². The molecule has 1 aliphatic rings. The number of methoxy groups -OCH3 is 1. The molecule has 0 heterocycles. The summed E-state index contributed by atoms with van der Waals surface area (Å²) in [5.74, 6) is 0. The van der Waals surface area contributed by atoms with Gasteiger partial charge in [-0.1, -0.05) is 12.1 Å². The van der Waals surface area contributed by atoms with Crippen LogP contribution in [0.3, 0.4) is 0 Å². The first-order valence-corrected chi connectivity index (χ1v) is 8.27. The summed E-state index contributed by atoms with van der Waals surface area (Å²) < 4.78 is 31.4. The number of hydrogen-bond acceptors (Lipinski definition) is 4. The van der Waals surface area contributed by atoms with Crippen molar-refractivity contribution in [1.29, 1.82) is 0 Å². The van der Waals surface area contributed by atoms with Crippen molar-refractivity contribution in [2.75, 3.05) is 32.6 Å². The van der Waals surface area contributed by atoms with E-state index in [0.29, 0.717) is 10.6 Å². The first-order chi connectivity index (χ1) is 9.53. The Morgan fingerprint density at radius 2 is 2.00 bits per heavy atom. The molecule has 0 radical (unpaired) electrons. The predicted octanol–water partition coefficient (Wildman–Crippen LogP) is 1.82. The van der Waals surface area contributed by atoms with Crippen molar-refractivity contribution in [2.45, 2.75) is 24.2 Å². The molecule has 0 amide bonds. The van der Waals surface area contributed by atoms with Crippen LogP contribution in [0.2, 0.25) is 0 Å². The maximum absolute atomic E-state index is 12.0.